The Morgan fingerprint density at radius 2 is 1.81 bits per heavy atom. The van der Waals surface area contributed by atoms with E-state index in [-0.39, 0.29) is 11.5 Å². The number of hydrogen-bond donors (Lipinski definition) is 0. The van der Waals surface area contributed by atoms with Crippen LogP contribution in [0.1, 0.15) is 36.8 Å². The van der Waals surface area contributed by atoms with Crippen LogP contribution in [0.2, 0.25) is 0 Å². The molecule has 4 nitrogen and oxygen atoms in total. The lowest BCUT2D eigenvalue weighted by atomic mass is 9.66. The number of fused-ring (bicyclic) bond motifs is 1. The maximum atomic E-state index is 12.3. The molecule has 0 aromatic heterocycles. The zero-order valence-corrected chi connectivity index (χ0v) is 16.1. The topological polar surface area (TPSA) is 38.8 Å². The number of carbonyl (C=O) groups excluding carboxylic acids is 1. The molecule has 1 saturated carbocycles. The van der Waals surface area contributed by atoms with Crippen molar-refractivity contribution in [2.45, 2.75) is 43.7 Å². The number of likely N-dealkylation sites (tertiary alicyclic amines) is 1. The second kappa shape index (κ2) is 7.35. The minimum absolute atomic E-state index is 0.0161. The van der Waals surface area contributed by atoms with Gasteiger partial charge in [-0.15, -0.1) is 0 Å². The average Bonchev–Trinajstić information content (AvgIpc) is 3.07. The molecule has 0 unspecified atom stereocenters. The summed E-state index contributed by atoms with van der Waals surface area (Å²) in [5.41, 5.74) is 2.59. The minimum Gasteiger partial charge on any atom is -0.493 e. The Kier molecular flexibility index (Phi) is 4.92. The summed E-state index contributed by atoms with van der Waals surface area (Å²) in [5, 5.41) is 0. The van der Waals surface area contributed by atoms with E-state index >= 15 is 0 Å². The molecule has 2 aliphatic rings. The summed E-state index contributed by atoms with van der Waals surface area (Å²) in [7, 11) is 3.34. The number of benzene rings is 2. The molecule has 4 rings (SSSR count). The van der Waals surface area contributed by atoms with Crippen molar-refractivity contribution in [1.82, 2.24) is 4.90 Å². The Labute approximate surface area is 161 Å². The van der Waals surface area contributed by atoms with Gasteiger partial charge in [0, 0.05) is 30.8 Å². The van der Waals surface area contributed by atoms with Crippen LogP contribution in [0.5, 0.6) is 11.5 Å². The van der Waals surface area contributed by atoms with Gasteiger partial charge in [0.1, 0.15) is 5.78 Å². The molecule has 2 atom stereocenters. The molecule has 2 fully saturated rings. The molecule has 1 aliphatic heterocycles. The van der Waals surface area contributed by atoms with Gasteiger partial charge in [-0.1, -0.05) is 36.4 Å². The Bertz CT molecular complexity index is 820. The van der Waals surface area contributed by atoms with Crippen LogP contribution in [0, 0.1) is 0 Å². The first-order valence-corrected chi connectivity index (χ1v) is 9.68. The largest absolute Gasteiger partial charge is 0.493 e. The summed E-state index contributed by atoms with van der Waals surface area (Å²) >= 11 is 0. The molecule has 2 aromatic rings. The van der Waals surface area contributed by atoms with Gasteiger partial charge in [-0.2, -0.15) is 0 Å². The predicted molar refractivity (Wildman–Crippen MR) is 105 cm³/mol. The van der Waals surface area contributed by atoms with Gasteiger partial charge in [-0.25, -0.2) is 0 Å². The van der Waals surface area contributed by atoms with E-state index in [4.69, 9.17) is 9.47 Å². The molecule has 27 heavy (non-hydrogen) atoms. The highest BCUT2D eigenvalue weighted by Crippen LogP contribution is 2.49. The smallest absolute Gasteiger partial charge is 0.161 e. The highest BCUT2D eigenvalue weighted by molar-refractivity contribution is 5.81. The number of rotatable bonds is 5. The SMILES string of the molecule is COc1ccc([C@]23CCC(=O)C[C@H]2N(Cc2ccccc2)CC3)cc1OC. The molecule has 0 N–H and O–H groups in total. The van der Waals surface area contributed by atoms with Gasteiger partial charge in [-0.05, 0) is 42.6 Å². The molecule has 1 saturated heterocycles. The Morgan fingerprint density at radius 1 is 1.04 bits per heavy atom. The molecule has 1 aliphatic carbocycles. The van der Waals surface area contributed by atoms with Crippen molar-refractivity contribution in [3.63, 3.8) is 0 Å². The second-order valence-electron chi connectivity index (χ2n) is 7.69. The molecule has 142 valence electrons. The molecule has 4 heteroatoms. The number of Topliss-reactive ketones (excluding diaryl/α,β-unsaturated/α-hetero) is 1. The number of ketones is 1. The van der Waals surface area contributed by atoms with Crippen LogP contribution in [-0.2, 0) is 16.8 Å². The molecular weight excluding hydrogens is 338 g/mol. The summed E-state index contributed by atoms with van der Waals surface area (Å²) in [6, 6.07) is 17.1. The number of carbonyl (C=O) groups is 1. The Balaban J connectivity index is 1.68. The summed E-state index contributed by atoms with van der Waals surface area (Å²) < 4.78 is 11.0. The van der Waals surface area contributed by atoms with E-state index in [0.29, 0.717) is 18.6 Å². The van der Waals surface area contributed by atoms with E-state index in [0.717, 1.165) is 37.4 Å². The first-order valence-electron chi connectivity index (χ1n) is 9.68. The van der Waals surface area contributed by atoms with Crippen molar-refractivity contribution >= 4 is 5.78 Å². The standard InChI is InChI=1S/C23H27NO3/c1-26-20-9-8-18(14-21(20)27-2)23-11-10-19(25)15-22(23)24(13-12-23)16-17-6-4-3-5-7-17/h3-9,14,22H,10-13,15-16H2,1-2H3/t22-,23-/m1/s1. The molecule has 0 radical (unpaired) electrons. The zero-order valence-electron chi connectivity index (χ0n) is 16.1. The van der Waals surface area contributed by atoms with E-state index in [9.17, 15) is 4.79 Å². The fourth-order valence-electron chi connectivity index (χ4n) is 4.95. The monoisotopic (exact) mass is 365 g/mol. The van der Waals surface area contributed by atoms with Crippen LogP contribution in [0.4, 0.5) is 0 Å². The third-order valence-corrected chi connectivity index (χ3v) is 6.38. The summed E-state index contributed by atoms with van der Waals surface area (Å²) in [4.78, 5) is 14.8. The summed E-state index contributed by atoms with van der Waals surface area (Å²) in [6.45, 7) is 1.91. The van der Waals surface area contributed by atoms with Crippen LogP contribution in [-0.4, -0.2) is 37.5 Å². The fourth-order valence-corrected chi connectivity index (χ4v) is 4.95. The maximum Gasteiger partial charge on any atom is 0.161 e. The second-order valence-corrected chi connectivity index (χ2v) is 7.69. The van der Waals surface area contributed by atoms with Crippen molar-refractivity contribution in [2.75, 3.05) is 20.8 Å². The molecule has 0 spiro atoms. The number of methoxy groups -OCH3 is 2. The Hall–Kier alpha value is -2.33. The molecule has 0 bridgehead atoms. The lowest BCUT2D eigenvalue weighted by Crippen LogP contribution is -2.47. The molecule has 1 heterocycles. The van der Waals surface area contributed by atoms with Gasteiger partial charge in [0.05, 0.1) is 14.2 Å². The predicted octanol–water partition coefficient (Wildman–Crippen LogP) is 3.97. The van der Waals surface area contributed by atoms with Crippen LogP contribution in [0.3, 0.4) is 0 Å². The van der Waals surface area contributed by atoms with Crippen molar-refractivity contribution in [3.05, 3.63) is 59.7 Å². The van der Waals surface area contributed by atoms with E-state index in [1.165, 1.54) is 11.1 Å². The molecule has 2 aromatic carbocycles. The van der Waals surface area contributed by atoms with Gasteiger partial charge in [0.15, 0.2) is 11.5 Å². The highest BCUT2D eigenvalue weighted by Gasteiger charge is 2.51. The number of ether oxygens (including phenoxy) is 2. The minimum atomic E-state index is 0.0161. The third-order valence-electron chi connectivity index (χ3n) is 6.38. The summed E-state index contributed by atoms with van der Waals surface area (Å²) in [6.07, 6.45) is 3.30. The van der Waals surface area contributed by atoms with Crippen molar-refractivity contribution in [1.29, 1.82) is 0 Å². The van der Waals surface area contributed by atoms with Crippen molar-refractivity contribution in [3.8, 4) is 11.5 Å². The van der Waals surface area contributed by atoms with Crippen LogP contribution < -0.4 is 9.47 Å². The molecular formula is C23H27NO3. The highest BCUT2D eigenvalue weighted by atomic mass is 16.5. The van der Waals surface area contributed by atoms with Crippen molar-refractivity contribution < 1.29 is 14.3 Å². The van der Waals surface area contributed by atoms with Crippen LogP contribution >= 0.6 is 0 Å². The van der Waals surface area contributed by atoms with Gasteiger partial charge < -0.3 is 9.47 Å². The lowest BCUT2D eigenvalue weighted by molar-refractivity contribution is -0.123. The lowest BCUT2D eigenvalue weighted by Gasteiger charge is -2.42. The maximum absolute atomic E-state index is 12.3. The van der Waals surface area contributed by atoms with E-state index < -0.39 is 0 Å². The van der Waals surface area contributed by atoms with Gasteiger partial charge in [0.25, 0.3) is 0 Å². The normalized spacial score (nSPS) is 25.3. The fraction of sp³-hybridized carbons (Fsp3) is 0.435. The van der Waals surface area contributed by atoms with E-state index in [2.05, 4.69) is 41.3 Å². The first-order chi connectivity index (χ1) is 13.2. The Morgan fingerprint density at radius 3 is 2.56 bits per heavy atom. The summed E-state index contributed by atoms with van der Waals surface area (Å²) in [5.74, 6) is 1.90. The van der Waals surface area contributed by atoms with E-state index in [1.54, 1.807) is 14.2 Å². The quantitative estimate of drug-likeness (QED) is 0.804. The zero-order chi connectivity index (χ0) is 18.9. The average molecular weight is 365 g/mol. The van der Waals surface area contributed by atoms with Gasteiger partial charge >= 0.3 is 0 Å². The number of nitrogens with zero attached hydrogens (tertiary/aromatic N) is 1. The van der Waals surface area contributed by atoms with Gasteiger partial charge in [0.2, 0.25) is 0 Å². The number of hydrogen-bond acceptors (Lipinski definition) is 4. The van der Waals surface area contributed by atoms with Crippen molar-refractivity contribution in [2.24, 2.45) is 0 Å². The van der Waals surface area contributed by atoms with Crippen LogP contribution in [0.15, 0.2) is 48.5 Å². The molecule has 0 amide bonds. The first kappa shape index (κ1) is 18.1. The van der Waals surface area contributed by atoms with E-state index in [1.807, 2.05) is 12.1 Å². The van der Waals surface area contributed by atoms with Gasteiger partial charge in [-0.3, -0.25) is 9.69 Å². The third kappa shape index (κ3) is 3.23. The van der Waals surface area contributed by atoms with Crippen LogP contribution in [0.25, 0.3) is 0 Å².